The lowest BCUT2D eigenvalue weighted by Crippen LogP contribution is -2.38. The Kier molecular flexibility index (Phi) is 7.26. The number of nitrogens with zero attached hydrogens (tertiary/aromatic N) is 3. The summed E-state index contributed by atoms with van der Waals surface area (Å²) < 4.78 is 0. The SMILES string of the molecule is CCC(C)(C)C(=O)N(C)c1cc(C(=O)NC(C)c2cnccn2)cc(-c2ccc(C)cc2)c1. The molecule has 0 saturated heterocycles. The number of aromatic nitrogens is 2. The molecular formula is C27H32N4O2. The molecular weight excluding hydrogens is 412 g/mol. The molecule has 1 unspecified atom stereocenters. The first-order valence-electron chi connectivity index (χ1n) is 11.2. The molecule has 0 saturated carbocycles. The van der Waals surface area contributed by atoms with Crippen LogP contribution in [0.3, 0.4) is 0 Å². The van der Waals surface area contributed by atoms with Gasteiger partial charge in [-0.3, -0.25) is 19.6 Å². The van der Waals surface area contributed by atoms with E-state index in [2.05, 4.69) is 15.3 Å². The van der Waals surface area contributed by atoms with Crippen LogP contribution in [-0.2, 0) is 4.79 Å². The lowest BCUT2D eigenvalue weighted by atomic mass is 9.88. The Labute approximate surface area is 196 Å². The van der Waals surface area contributed by atoms with Crippen LogP contribution in [0.25, 0.3) is 11.1 Å². The van der Waals surface area contributed by atoms with Gasteiger partial charge < -0.3 is 10.2 Å². The van der Waals surface area contributed by atoms with Gasteiger partial charge in [-0.1, -0.05) is 50.6 Å². The van der Waals surface area contributed by atoms with Crippen molar-refractivity contribution in [2.45, 2.75) is 47.1 Å². The second-order valence-electron chi connectivity index (χ2n) is 9.06. The summed E-state index contributed by atoms with van der Waals surface area (Å²) in [5, 5.41) is 2.99. The molecule has 1 aromatic heterocycles. The monoisotopic (exact) mass is 444 g/mol. The highest BCUT2D eigenvalue weighted by molar-refractivity contribution is 6.01. The zero-order chi connectivity index (χ0) is 24.2. The van der Waals surface area contributed by atoms with Crippen LogP contribution in [0.5, 0.6) is 0 Å². The number of aryl methyl sites for hydroxylation is 1. The third kappa shape index (κ3) is 5.64. The maximum absolute atomic E-state index is 13.2. The van der Waals surface area contributed by atoms with E-state index in [0.29, 0.717) is 16.9 Å². The number of hydrogen-bond acceptors (Lipinski definition) is 4. The first-order valence-corrected chi connectivity index (χ1v) is 11.2. The Morgan fingerprint density at radius 3 is 2.36 bits per heavy atom. The highest BCUT2D eigenvalue weighted by atomic mass is 16.2. The standard InChI is InChI=1S/C27H32N4O2/c1-7-27(4,5)26(33)31(6)23-15-21(20-10-8-18(2)9-11-20)14-22(16-23)25(32)30-19(3)24-17-28-12-13-29-24/h8-17,19H,7H2,1-6H3,(H,30,32). The molecule has 1 atom stereocenters. The van der Waals surface area contributed by atoms with Crippen LogP contribution in [0.4, 0.5) is 5.69 Å². The van der Waals surface area contributed by atoms with Crippen molar-refractivity contribution in [3.8, 4) is 11.1 Å². The molecule has 6 nitrogen and oxygen atoms in total. The molecule has 0 aliphatic heterocycles. The third-order valence-electron chi connectivity index (χ3n) is 6.09. The van der Waals surface area contributed by atoms with E-state index in [9.17, 15) is 9.59 Å². The highest BCUT2D eigenvalue weighted by Crippen LogP contribution is 2.31. The summed E-state index contributed by atoms with van der Waals surface area (Å²) in [6, 6.07) is 13.4. The van der Waals surface area contributed by atoms with E-state index in [-0.39, 0.29) is 17.9 Å². The Balaban J connectivity index is 2.00. The molecule has 33 heavy (non-hydrogen) atoms. The predicted molar refractivity (Wildman–Crippen MR) is 132 cm³/mol. The van der Waals surface area contributed by atoms with Gasteiger partial charge in [0.25, 0.3) is 5.91 Å². The molecule has 0 spiro atoms. The fourth-order valence-electron chi connectivity index (χ4n) is 3.46. The minimum Gasteiger partial charge on any atom is -0.344 e. The molecule has 2 aromatic carbocycles. The predicted octanol–water partition coefficient (Wildman–Crippen LogP) is 5.34. The van der Waals surface area contributed by atoms with Gasteiger partial charge in [0, 0.05) is 36.1 Å². The molecule has 3 rings (SSSR count). The van der Waals surface area contributed by atoms with E-state index in [1.54, 1.807) is 36.6 Å². The van der Waals surface area contributed by atoms with Crippen molar-refractivity contribution in [3.05, 3.63) is 77.9 Å². The molecule has 6 heteroatoms. The zero-order valence-corrected chi connectivity index (χ0v) is 20.2. The van der Waals surface area contributed by atoms with Crippen molar-refractivity contribution < 1.29 is 9.59 Å². The first-order chi connectivity index (χ1) is 15.6. The maximum Gasteiger partial charge on any atom is 0.251 e. The van der Waals surface area contributed by atoms with E-state index < -0.39 is 5.41 Å². The van der Waals surface area contributed by atoms with Crippen LogP contribution in [0.15, 0.2) is 61.1 Å². The van der Waals surface area contributed by atoms with Gasteiger partial charge in [-0.05, 0) is 49.6 Å². The Bertz CT molecular complexity index is 1120. The van der Waals surface area contributed by atoms with E-state index >= 15 is 0 Å². The zero-order valence-electron chi connectivity index (χ0n) is 20.2. The van der Waals surface area contributed by atoms with Crippen molar-refractivity contribution >= 4 is 17.5 Å². The Morgan fingerprint density at radius 1 is 1.06 bits per heavy atom. The molecule has 1 heterocycles. The smallest absolute Gasteiger partial charge is 0.251 e. The van der Waals surface area contributed by atoms with Crippen molar-refractivity contribution in [2.75, 3.05) is 11.9 Å². The Hall–Kier alpha value is -3.54. The lowest BCUT2D eigenvalue weighted by molar-refractivity contribution is -0.126. The molecule has 1 N–H and O–H groups in total. The van der Waals surface area contributed by atoms with Crippen molar-refractivity contribution in [3.63, 3.8) is 0 Å². The molecule has 0 bridgehead atoms. The molecule has 0 radical (unpaired) electrons. The third-order valence-corrected chi connectivity index (χ3v) is 6.09. The van der Waals surface area contributed by atoms with Crippen LogP contribution in [0.2, 0.25) is 0 Å². The summed E-state index contributed by atoms with van der Waals surface area (Å²) in [5.74, 6) is -0.232. The van der Waals surface area contributed by atoms with Gasteiger partial charge in [0.1, 0.15) is 0 Å². The minimum absolute atomic E-state index is 0.00495. The van der Waals surface area contributed by atoms with E-state index in [1.165, 1.54) is 0 Å². The van der Waals surface area contributed by atoms with E-state index in [1.807, 2.05) is 71.0 Å². The molecule has 3 aromatic rings. The van der Waals surface area contributed by atoms with Crippen LogP contribution in [-0.4, -0.2) is 28.8 Å². The van der Waals surface area contributed by atoms with Crippen LogP contribution in [0.1, 0.15) is 61.8 Å². The van der Waals surface area contributed by atoms with Gasteiger partial charge in [0.2, 0.25) is 5.91 Å². The van der Waals surface area contributed by atoms with E-state index in [0.717, 1.165) is 23.1 Å². The van der Waals surface area contributed by atoms with Gasteiger partial charge >= 0.3 is 0 Å². The van der Waals surface area contributed by atoms with E-state index in [4.69, 9.17) is 0 Å². The molecule has 2 amide bonds. The largest absolute Gasteiger partial charge is 0.344 e. The van der Waals surface area contributed by atoms with Crippen LogP contribution < -0.4 is 10.2 Å². The van der Waals surface area contributed by atoms with Gasteiger partial charge in [-0.15, -0.1) is 0 Å². The summed E-state index contributed by atoms with van der Waals surface area (Å²) in [4.78, 5) is 36.3. The lowest BCUT2D eigenvalue weighted by Gasteiger charge is -2.29. The van der Waals surface area contributed by atoms with Crippen molar-refractivity contribution in [1.82, 2.24) is 15.3 Å². The summed E-state index contributed by atoms with van der Waals surface area (Å²) in [5.41, 5.74) is 4.34. The fraction of sp³-hybridized carbons (Fsp3) is 0.333. The maximum atomic E-state index is 13.2. The van der Waals surface area contributed by atoms with Gasteiger partial charge in [-0.2, -0.15) is 0 Å². The second-order valence-corrected chi connectivity index (χ2v) is 9.06. The molecule has 0 aliphatic rings. The van der Waals surface area contributed by atoms with Gasteiger partial charge in [0.15, 0.2) is 0 Å². The number of amides is 2. The summed E-state index contributed by atoms with van der Waals surface area (Å²) in [6.45, 7) is 9.77. The summed E-state index contributed by atoms with van der Waals surface area (Å²) in [6.07, 6.45) is 5.55. The molecule has 172 valence electrons. The topological polar surface area (TPSA) is 75.2 Å². The summed E-state index contributed by atoms with van der Waals surface area (Å²) in [7, 11) is 1.76. The number of hydrogen-bond donors (Lipinski definition) is 1. The average Bonchev–Trinajstić information content (AvgIpc) is 2.83. The quantitative estimate of drug-likeness (QED) is 0.534. The van der Waals surface area contributed by atoms with Crippen LogP contribution >= 0.6 is 0 Å². The second kappa shape index (κ2) is 9.94. The van der Waals surface area contributed by atoms with Crippen LogP contribution in [0, 0.1) is 12.3 Å². The van der Waals surface area contributed by atoms with Gasteiger partial charge in [-0.25, -0.2) is 0 Å². The Morgan fingerprint density at radius 2 is 1.76 bits per heavy atom. The number of anilines is 1. The number of benzene rings is 2. The van der Waals surface area contributed by atoms with Crippen molar-refractivity contribution in [1.29, 1.82) is 0 Å². The normalized spacial score (nSPS) is 12.2. The average molecular weight is 445 g/mol. The minimum atomic E-state index is -0.502. The number of rotatable bonds is 7. The first kappa shape index (κ1) is 24.1. The fourth-order valence-corrected chi connectivity index (χ4v) is 3.46. The molecule has 0 fully saturated rings. The number of carbonyl (C=O) groups is 2. The number of nitrogens with one attached hydrogen (secondary N) is 1. The van der Waals surface area contributed by atoms with Crippen molar-refractivity contribution in [2.24, 2.45) is 5.41 Å². The number of carbonyl (C=O) groups excluding carboxylic acids is 2. The molecule has 0 aliphatic carbocycles. The van der Waals surface area contributed by atoms with Gasteiger partial charge in [0.05, 0.1) is 17.9 Å². The summed E-state index contributed by atoms with van der Waals surface area (Å²) >= 11 is 0. The highest BCUT2D eigenvalue weighted by Gasteiger charge is 2.29.